The van der Waals surface area contributed by atoms with Crippen LogP contribution in [0.15, 0.2) is 66.9 Å². The van der Waals surface area contributed by atoms with Gasteiger partial charge in [-0.1, -0.05) is 24.3 Å². The molecule has 0 radical (unpaired) electrons. The van der Waals surface area contributed by atoms with Crippen molar-refractivity contribution in [2.75, 3.05) is 32.1 Å². The Labute approximate surface area is 159 Å². The zero-order valence-corrected chi connectivity index (χ0v) is 15.6. The van der Waals surface area contributed by atoms with Crippen LogP contribution in [0.25, 0.3) is 11.4 Å². The van der Waals surface area contributed by atoms with Crippen LogP contribution in [0, 0.1) is 0 Å². The maximum Gasteiger partial charge on any atom is 0.259 e. The molecule has 138 valence electrons. The van der Waals surface area contributed by atoms with Gasteiger partial charge in [-0.2, -0.15) is 0 Å². The summed E-state index contributed by atoms with van der Waals surface area (Å²) in [5.74, 6) is 0.469. The van der Waals surface area contributed by atoms with Crippen LogP contribution in [0.4, 0.5) is 5.82 Å². The Balaban J connectivity index is 1.84. The van der Waals surface area contributed by atoms with Gasteiger partial charge in [0.2, 0.25) is 0 Å². The van der Waals surface area contributed by atoms with Gasteiger partial charge < -0.3 is 4.90 Å². The number of nitrogens with zero attached hydrogens (tertiary/aromatic N) is 5. The first-order chi connectivity index (χ1) is 13.1. The molecule has 0 unspecified atom stereocenters. The molecule has 0 saturated carbocycles. The van der Waals surface area contributed by atoms with E-state index in [-0.39, 0.29) is 5.91 Å². The van der Waals surface area contributed by atoms with Crippen LogP contribution in [-0.4, -0.2) is 53.2 Å². The molecule has 3 rings (SSSR count). The minimum atomic E-state index is -0.0748. The van der Waals surface area contributed by atoms with Gasteiger partial charge >= 0.3 is 0 Å². The lowest BCUT2D eigenvalue weighted by atomic mass is 10.2. The summed E-state index contributed by atoms with van der Waals surface area (Å²) in [6.45, 7) is 1.46. The van der Waals surface area contributed by atoms with E-state index in [4.69, 9.17) is 0 Å². The molecule has 0 N–H and O–H groups in total. The molecule has 0 saturated heterocycles. The fourth-order valence-corrected chi connectivity index (χ4v) is 2.72. The molecule has 0 aliphatic heterocycles. The number of rotatable bonds is 7. The van der Waals surface area contributed by atoms with Crippen molar-refractivity contribution >= 4 is 11.7 Å². The fraction of sp³-hybridized carbons (Fsp3) is 0.238. The summed E-state index contributed by atoms with van der Waals surface area (Å²) in [7, 11) is 4.04. The predicted octanol–water partition coefficient (Wildman–Crippen LogP) is 3.14. The van der Waals surface area contributed by atoms with E-state index in [1.165, 1.54) is 0 Å². The first kappa shape index (κ1) is 18.7. The second-order valence-corrected chi connectivity index (χ2v) is 6.47. The standard InChI is InChI=1S/C21H23N5O/c1-25(2)15-8-16-26(21(27)17-9-4-3-5-10-17)20-13-12-19(23-24-20)18-11-6-7-14-22-18/h3-7,9-14H,8,15-16H2,1-2H3. The monoisotopic (exact) mass is 361 g/mol. The molecule has 6 heteroatoms. The number of amides is 1. The van der Waals surface area contributed by atoms with Crippen molar-refractivity contribution in [3.05, 3.63) is 72.4 Å². The van der Waals surface area contributed by atoms with Crippen LogP contribution >= 0.6 is 0 Å². The van der Waals surface area contributed by atoms with Crippen LogP contribution in [0.3, 0.4) is 0 Å². The fourth-order valence-electron chi connectivity index (χ4n) is 2.72. The first-order valence-electron chi connectivity index (χ1n) is 8.92. The summed E-state index contributed by atoms with van der Waals surface area (Å²) in [5.41, 5.74) is 2.07. The van der Waals surface area contributed by atoms with Gasteiger partial charge in [-0.15, -0.1) is 10.2 Å². The molecular weight excluding hydrogens is 338 g/mol. The number of aromatic nitrogens is 3. The molecule has 1 amide bonds. The lowest BCUT2D eigenvalue weighted by molar-refractivity contribution is 0.0985. The van der Waals surface area contributed by atoms with Gasteiger partial charge in [-0.3, -0.25) is 14.7 Å². The van der Waals surface area contributed by atoms with E-state index in [0.29, 0.717) is 23.6 Å². The topological polar surface area (TPSA) is 62.2 Å². The Bertz CT molecular complexity index is 851. The average Bonchev–Trinajstić information content (AvgIpc) is 2.72. The Kier molecular flexibility index (Phi) is 6.22. The maximum atomic E-state index is 13.0. The zero-order chi connectivity index (χ0) is 19.1. The first-order valence-corrected chi connectivity index (χ1v) is 8.92. The summed E-state index contributed by atoms with van der Waals surface area (Å²) in [4.78, 5) is 21.1. The molecule has 0 aliphatic rings. The number of carbonyl (C=O) groups excluding carboxylic acids is 1. The van der Waals surface area contributed by atoms with E-state index in [0.717, 1.165) is 18.7 Å². The summed E-state index contributed by atoms with van der Waals surface area (Å²) in [6, 6.07) is 18.6. The van der Waals surface area contributed by atoms with Crippen molar-refractivity contribution in [1.29, 1.82) is 0 Å². The van der Waals surface area contributed by atoms with Crippen molar-refractivity contribution in [3.8, 4) is 11.4 Å². The van der Waals surface area contributed by atoms with E-state index in [2.05, 4.69) is 20.1 Å². The molecule has 3 aromatic rings. The van der Waals surface area contributed by atoms with Crippen LogP contribution in [0.2, 0.25) is 0 Å². The Morgan fingerprint density at radius 2 is 1.63 bits per heavy atom. The molecule has 6 nitrogen and oxygen atoms in total. The van der Waals surface area contributed by atoms with E-state index in [9.17, 15) is 4.79 Å². The van der Waals surface area contributed by atoms with Crippen LogP contribution in [-0.2, 0) is 0 Å². The van der Waals surface area contributed by atoms with Gasteiger partial charge in [0, 0.05) is 18.3 Å². The van der Waals surface area contributed by atoms with Crippen molar-refractivity contribution in [2.24, 2.45) is 0 Å². The number of carbonyl (C=O) groups is 1. The van der Waals surface area contributed by atoms with Gasteiger partial charge in [-0.25, -0.2) is 0 Å². The normalized spacial score (nSPS) is 10.8. The van der Waals surface area contributed by atoms with Crippen LogP contribution < -0.4 is 4.90 Å². The lowest BCUT2D eigenvalue weighted by Crippen LogP contribution is -2.34. The summed E-state index contributed by atoms with van der Waals surface area (Å²) in [5, 5.41) is 8.57. The second-order valence-electron chi connectivity index (χ2n) is 6.47. The van der Waals surface area contributed by atoms with Gasteiger partial charge in [0.25, 0.3) is 5.91 Å². The van der Waals surface area contributed by atoms with Crippen LogP contribution in [0.1, 0.15) is 16.8 Å². The molecular formula is C21H23N5O. The SMILES string of the molecule is CN(C)CCCN(C(=O)c1ccccc1)c1ccc(-c2ccccn2)nn1. The van der Waals surface area contributed by atoms with Crippen molar-refractivity contribution < 1.29 is 4.79 Å². The Hall–Kier alpha value is -3.12. The van der Waals surface area contributed by atoms with E-state index < -0.39 is 0 Å². The van der Waals surface area contributed by atoms with Gasteiger partial charge in [0.1, 0.15) is 5.69 Å². The van der Waals surface area contributed by atoms with E-state index in [1.807, 2.05) is 74.8 Å². The van der Waals surface area contributed by atoms with E-state index >= 15 is 0 Å². The molecule has 0 aliphatic carbocycles. The average molecular weight is 361 g/mol. The molecule has 27 heavy (non-hydrogen) atoms. The predicted molar refractivity (Wildman–Crippen MR) is 107 cm³/mol. The highest BCUT2D eigenvalue weighted by atomic mass is 16.2. The maximum absolute atomic E-state index is 13.0. The van der Waals surface area contributed by atoms with Crippen molar-refractivity contribution in [1.82, 2.24) is 20.1 Å². The van der Waals surface area contributed by atoms with Gasteiger partial charge in [-0.05, 0) is 63.5 Å². The molecule has 2 heterocycles. The van der Waals surface area contributed by atoms with Gasteiger partial charge in [0.05, 0.1) is 5.69 Å². The molecule has 0 atom stereocenters. The van der Waals surface area contributed by atoms with Crippen LogP contribution in [0.5, 0.6) is 0 Å². The number of benzene rings is 1. The zero-order valence-electron chi connectivity index (χ0n) is 15.6. The molecule has 0 bridgehead atoms. The van der Waals surface area contributed by atoms with Crippen molar-refractivity contribution in [2.45, 2.75) is 6.42 Å². The largest absolute Gasteiger partial charge is 0.309 e. The number of anilines is 1. The molecule has 1 aromatic carbocycles. The van der Waals surface area contributed by atoms with Gasteiger partial charge in [0.15, 0.2) is 5.82 Å². The summed E-state index contributed by atoms with van der Waals surface area (Å²) < 4.78 is 0. The Morgan fingerprint density at radius 1 is 0.852 bits per heavy atom. The number of hydrogen-bond acceptors (Lipinski definition) is 5. The highest BCUT2D eigenvalue weighted by molar-refractivity contribution is 6.05. The minimum absolute atomic E-state index is 0.0748. The third-order valence-electron chi connectivity index (χ3n) is 4.11. The molecule has 2 aromatic heterocycles. The highest BCUT2D eigenvalue weighted by Crippen LogP contribution is 2.18. The molecule has 0 spiro atoms. The van der Waals surface area contributed by atoms with Crippen molar-refractivity contribution in [3.63, 3.8) is 0 Å². The number of pyridine rings is 1. The van der Waals surface area contributed by atoms with E-state index in [1.54, 1.807) is 11.1 Å². The third kappa shape index (κ3) is 4.95. The Morgan fingerprint density at radius 3 is 2.26 bits per heavy atom. The summed E-state index contributed by atoms with van der Waals surface area (Å²) >= 11 is 0. The smallest absolute Gasteiger partial charge is 0.259 e. The second kappa shape index (κ2) is 9.00. The quantitative estimate of drug-likeness (QED) is 0.647. The highest BCUT2D eigenvalue weighted by Gasteiger charge is 2.19. The number of hydrogen-bond donors (Lipinski definition) is 0. The summed E-state index contributed by atoms with van der Waals surface area (Å²) in [6.07, 6.45) is 2.56. The minimum Gasteiger partial charge on any atom is -0.309 e. The molecule has 0 fully saturated rings. The third-order valence-corrected chi connectivity index (χ3v) is 4.11. The lowest BCUT2D eigenvalue weighted by Gasteiger charge is -2.22.